The Hall–Kier alpha value is -3.28. The first-order valence-electron chi connectivity index (χ1n) is 10.2. The number of sulfonamides is 1. The van der Waals surface area contributed by atoms with Crippen molar-refractivity contribution < 1.29 is 33.0 Å². The molecule has 0 aliphatic carbocycles. The summed E-state index contributed by atoms with van der Waals surface area (Å²) >= 11 is 0. The predicted octanol–water partition coefficient (Wildman–Crippen LogP) is -0.0178. The molecule has 0 saturated heterocycles. The zero-order valence-electron chi connectivity index (χ0n) is 17.8. The fourth-order valence-electron chi connectivity index (χ4n) is 3.85. The maximum atomic E-state index is 13.2. The van der Waals surface area contributed by atoms with Gasteiger partial charge in [0.05, 0.1) is 17.0 Å². The highest BCUT2D eigenvalue weighted by Crippen LogP contribution is 2.23. The van der Waals surface area contributed by atoms with Crippen molar-refractivity contribution in [3.05, 3.63) is 65.7 Å². The lowest BCUT2D eigenvalue weighted by Crippen LogP contribution is -2.64. The molecule has 2 aromatic rings. The molecule has 3 atom stereocenters. The molecule has 3 rings (SSSR count). The van der Waals surface area contributed by atoms with Crippen molar-refractivity contribution in [3.63, 3.8) is 0 Å². The van der Waals surface area contributed by atoms with Crippen LogP contribution in [-0.2, 0) is 26.0 Å². The van der Waals surface area contributed by atoms with E-state index in [9.17, 15) is 33.0 Å². The predicted molar refractivity (Wildman–Crippen MR) is 118 cm³/mol. The molecule has 4 N–H and O–H groups in total. The normalized spacial score (nSPS) is 16.4. The standard InChI is InChI=1S/C22H25N3O7S/c1-14(26)24-19(22(29)30)20(25-12-11-15-7-5-6-10-17(15)21(25)28)18(27)13-23-33(31,32)16-8-3-2-4-9-16/h2-10,18-20,23,27H,11-13H2,1H3,(H,24,26)(H,29,30). The fourth-order valence-corrected chi connectivity index (χ4v) is 4.92. The molecule has 1 aliphatic rings. The minimum Gasteiger partial charge on any atom is -0.480 e. The number of hydrogen-bond donors (Lipinski definition) is 4. The number of carboxylic acids is 1. The van der Waals surface area contributed by atoms with Gasteiger partial charge in [0.25, 0.3) is 5.91 Å². The van der Waals surface area contributed by atoms with E-state index in [2.05, 4.69) is 10.0 Å². The lowest BCUT2D eigenvalue weighted by Gasteiger charge is -2.40. The Bertz CT molecular complexity index is 1140. The number of fused-ring (bicyclic) bond motifs is 1. The summed E-state index contributed by atoms with van der Waals surface area (Å²) in [6.45, 7) is 0.633. The molecule has 1 heterocycles. The lowest BCUT2D eigenvalue weighted by atomic mass is 9.93. The summed E-state index contributed by atoms with van der Waals surface area (Å²) in [5.41, 5.74) is 1.14. The van der Waals surface area contributed by atoms with Gasteiger partial charge >= 0.3 is 5.97 Å². The van der Waals surface area contributed by atoms with E-state index in [1.807, 2.05) is 0 Å². The van der Waals surface area contributed by atoms with Gasteiger partial charge in [0.1, 0.15) is 6.04 Å². The van der Waals surface area contributed by atoms with Gasteiger partial charge in [0.15, 0.2) is 0 Å². The molecule has 1 aliphatic heterocycles. The van der Waals surface area contributed by atoms with Crippen LogP contribution in [0.3, 0.4) is 0 Å². The second-order valence-electron chi connectivity index (χ2n) is 7.65. The zero-order chi connectivity index (χ0) is 24.2. The summed E-state index contributed by atoms with van der Waals surface area (Å²) < 4.78 is 27.4. The Labute approximate surface area is 191 Å². The monoisotopic (exact) mass is 475 g/mol. The second kappa shape index (κ2) is 10.1. The number of rotatable bonds is 9. The number of aliphatic carboxylic acids is 1. The number of hydrogen-bond acceptors (Lipinski definition) is 6. The second-order valence-corrected chi connectivity index (χ2v) is 9.41. The highest BCUT2D eigenvalue weighted by atomic mass is 32.2. The molecule has 3 unspecified atom stereocenters. The van der Waals surface area contributed by atoms with Gasteiger partial charge < -0.3 is 20.4 Å². The Morgan fingerprint density at radius 1 is 1.09 bits per heavy atom. The number of carbonyl (C=O) groups is 3. The summed E-state index contributed by atoms with van der Waals surface area (Å²) in [6, 6.07) is 11.2. The number of aliphatic hydroxyl groups excluding tert-OH is 1. The molecule has 0 spiro atoms. The number of benzene rings is 2. The minimum absolute atomic E-state index is 0.0339. The molecule has 11 heteroatoms. The van der Waals surface area contributed by atoms with Crippen LogP contribution in [-0.4, -0.2) is 72.6 Å². The van der Waals surface area contributed by atoms with E-state index in [0.29, 0.717) is 12.0 Å². The van der Waals surface area contributed by atoms with Crippen LogP contribution in [0, 0.1) is 0 Å². The smallest absolute Gasteiger partial charge is 0.328 e. The van der Waals surface area contributed by atoms with Crippen molar-refractivity contribution in [2.75, 3.05) is 13.1 Å². The SMILES string of the molecule is CC(=O)NC(C(=O)O)C(C(O)CNS(=O)(=O)c1ccccc1)N1CCc2ccccc2C1=O. The quantitative estimate of drug-likeness (QED) is 0.398. The van der Waals surface area contributed by atoms with Crippen LogP contribution in [0.1, 0.15) is 22.8 Å². The lowest BCUT2D eigenvalue weighted by molar-refractivity contribution is -0.145. The first kappa shape index (κ1) is 24.4. The number of aliphatic hydroxyl groups is 1. The van der Waals surface area contributed by atoms with E-state index in [1.165, 1.54) is 29.2 Å². The average molecular weight is 476 g/mol. The van der Waals surface area contributed by atoms with Gasteiger partial charge in [-0.05, 0) is 30.2 Å². The average Bonchev–Trinajstić information content (AvgIpc) is 2.79. The molecule has 0 bridgehead atoms. The van der Waals surface area contributed by atoms with Gasteiger partial charge in [-0.1, -0.05) is 36.4 Å². The molecule has 2 amide bonds. The Balaban J connectivity index is 1.91. The maximum absolute atomic E-state index is 13.2. The number of nitrogens with zero attached hydrogens (tertiary/aromatic N) is 1. The molecule has 2 aromatic carbocycles. The van der Waals surface area contributed by atoms with Crippen molar-refractivity contribution in [2.24, 2.45) is 0 Å². The molecule has 0 fully saturated rings. The van der Waals surface area contributed by atoms with Crippen LogP contribution in [0.15, 0.2) is 59.5 Å². The first-order chi connectivity index (χ1) is 15.6. The Morgan fingerprint density at radius 3 is 2.36 bits per heavy atom. The maximum Gasteiger partial charge on any atom is 0.328 e. The summed E-state index contributed by atoms with van der Waals surface area (Å²) in [7, 11) is -4.00. The highest BCUT2D eigenvalue weighted by Gasteiger charge is 2.42. The van der Waals surface area contributed by atoms with E-state index < -0.39 is 52.5 Å². The molecular weight excluding hydrogens is 450 g/mol. The third kappa shape index (κ3) is 5.56. The van der Waals surface area contributed by atoms with E-state index in [1.54, 1.807) is 30.3 Å². The van der Waals surface area contributed by atoms with Crippen molar-refractivity contribution >= 4 is 27.8 Å². The minimum atomic E-state index is -4.00. The van der Waals surface area contributed by atoms with Gasteiger partial charge in [-0.25, -0.2) is 17.9 Å². The van der Waals surface area contributed by atoms with Gasteiger partial charge in [-0.2, -0.15) is 0 Å². The first-order valence-corrected chi connectivity index (χ1v) is 11.7. The van der Waals surface area contributed by atoms with E-state index in [4.69, 9.17) is 0 Å². The number of carboxylic acid groups (broad SMARTS) is 1. The fraction of sp³-hybridized carbons (Fsp3) is 0.318. The van der Waals surface area contributed by atoms with Crippen LogP contribution in [0.5, 0.6) is 0 Å². The molecule has 0 saturated carbocycles. The van der Waals surface area contributed by atoms with Crippen molar-refractivity contribution in [3.8, 4) is 0 Å². The van der Waals surface area contributed by atoms with Crippen molar-refractivity contribution in [2.45, 2.75) is 36.4 Å². The summed E-state index contributed by atoms with van der Waals surface area (Å²) in [5, 5.41) is 23.0. The van der Waals surface area contributed by atoms with Gasteiger partial charge in [-0.3, -0.25) is 9.59 Å². The van der Waals surface area contributed by atoms with Gasteiger partial charge in [0, 0.05) is 25.6 Å². The van der Waals surface area contributed by atoms with Gasteiger partial charge in [0.2, 0.25) is 15.9 Å². The number of nitrogens with one attached hydrogen (secondary N) is 2. The van der Waals surface area contributed by atoms with E-state index in [0.717, 1.165) is 12.5 Å². The summed E-state index contributed by atoms with van der Waals surface area (Å²) in [5.74, 6) is -2.65. The number of carbonyl (C=O) groups excluding carboxylic acids is 2. The molecule has 176 valence electrons. The zero-order valence-corrected chi connectivity index (χ0v) is 18.7. The van der Waals surface area contributed by atoms with Crippen molar-refractivity contribution in [1.82, 2.24) is 14.9 Å². The largest absolute Gasteiger partial charge is 0.480 e. The molecule has 33 heavy (non-hydrogen) atoms. The van der Waals surface area contributed by atoms with Crippen LogP contribution in [0.4, 0.5) is 0 Å². The molecule has 10 nitrogen and oxygen atoms in total. The van der Waals surface area contributed by atoms with Crippen LogP contribution >= 0.6 is 0 Å². The van der Waals surface area contributed by atoms with Crippen molar-refractivity contribution in [1.29, 1.82) is 0 Å². The third-order valence-electron chi connectivity index (χ3n) is 5.39. The van der Waals surface area contributed by atoms with Crippen LogP contribution in [0.2, 0.25) is 0 Å². The Morgan fingerprint density at radius 2 is 1.73 bits per heavy atom. The topological polar surface area (TPSA) is 153 Å². The summed E-state index contributed by atoms with van der Waals surface area (Å²) in [6.07, 6.45) is -1.22. The summed E-state index contributed by atoms with van der Waals surface area (Å²) in [4.78, 5) is 38.0. The number of amides is 2. The molecular formula is C22H25N3O7S. The molecule has 0 radical (unpaired) electrons. The highest BCUT2D eigenvalue weighted by molar-refractivity contribution is 7.89. The van der Waals surface area contributed by atoms with E-state index >= 15 is 0 Å². The van der Waals surface area contributed by atoms with Crippen LogP contribution < -0.4 is 10.0 Å². The Kier molecular flexibility index (Phi) is 7.46. The molecule has 0 aromatic heterocycles. The van der Waals surface area contributed by atoms with Crippen LogP contribution in [0.25, 0.3) is 0 Å². The van der Waals surface area contributed by atoms with E-state index in [-0.39, 0.29) is 11.4 Å². The third-order valence-corrected chi connectivity index (χ3v) is 6.83. The van der Waals surface area contributed by atoms with Gasteiger partial charge in [-0.15, -0.1) is 0 Å².